The van der Waals surface area contributed by atoms with Gasteiger partial charge < -0.3 is 15.2 Å². The molecule has 1 aliphatic carbocycles. The molecular formula is C21H28N4O2S2. The van der Waals surface area contributed by atoms with E-state index in [0.29, 0.717) is 19.8 Å². The number of aryl methyl sites for hydroxylation is 2. The van der Waals surface area contributed by atoms with Crippen molar-refractivity contribution >= 4 is 49.3 Å². The third-order valence-electron chi connectivity index (χ3n) is 5.32. The second kappa shape index (κ2) is 9.55. The van der Waals surface area contributed by atoms with Gasteiger partial charge in [0.1, 0.15) is 10.6 Å². The van der Waals surface area contributed by atoms with Crippen LogP contribution in [-0.4, -0.2) is 52.7 Å². The van der Waals surface area contributed by atoms with Crippen molar-refractivity contribution in [3.05, 3.63) is 16.8 Å². The zero-order chi connectivity index (χ0) is 20.2. The predicted octanol–water partition coefficient (Wildman–Crippen LogP) is 4.21. The number of hydrogen-bond acceptors (Lipinski definition) is 8. The maximum Gasteiger partial charge on any atom is 0.189 e. The number of ether oxygens (including phenoxy) is 1. The lowest BCUT2D eigenvalue weighted by molar-refractivity contribution is 0.0992. The van der Waals surface area contributed by atoms with Crippen LogP contribution in [0.2, 0.25) is 0 Å². The summed E-state index contributed by atoms with van der Waals surface area (Å²) in [6.07, 6.45) is 8.93. The minimum atomic E-state index is 0.0435. The number of aliphatic hydroxyl groups is 1. The van der Waals surface area contributed by atoms with Gasteiger partial charge in [-0.25, -0.2) is 15.0 Å². The minimum Gasteiger partial charge on any atom is -0.394 e. The van der Waals surface area contributed by atoms with Gasteiger partial charge in [-0.2, -0.15) is 0 Å². The van der Waals surface area contributed by atoms with Gasteiger partial charge in [-0.1, -0.05) is 25.1 Å². The number of nitrogens with zero attached hydrogens (tertiary/aromatic N) is 3. The number of pyridine rings is 1. The van der Waals surface area contributed by atoms with Crippen LogP contribution < -0.4 is 5.32 Å². The molecule has 8 heteroatoms. The van der Waals surface area contributed by atoms with Crippen molar-refractivity contribution in [3.63, 3.8) is 0 Å². The molecule has 0 radical (unpaired) electrons. The van der Waals surface area contributed by atoms with Crippen molar-refractivity contribution in [1.29, 1.82) is 0 Å². The van der Waals surface area contributed by atoms with Crippen LogP contribution in [0.15, 0.2) is 5.16 Å². The second-order valence-electron chi connectivity index (χ2n) is 7.25. The number of aromatic nitrogens is 3. The van der Waals surface area contributed by atoms with E-state index in [1.165, 1.54) is 41.5 Å². The standard InChI is InChI=1S/C21H28N4O2S2/c1-3-4-8-15-13-6-5-7-14(13)16-17-18(29-20(16)23-15)19(25-21(24-17)28-2)22-9-11-27-12-10-26/h26H,3-12H2,1-2H3,(H,22,24,25). The van der Waals surface area contributed by atoms with Gasteiger partial charge in [-0.15, -0.1) is 11.3 Å². The first-order chi connectivity index (χ1) is 14.3. The highest BCUT2D eigenvalue weighted by Gasteiger charge is 2.24. The summed E-state index contributed by atoms with van der Waals surface area (Å²) in [6, 6.07) is 0. The summed E-state index contributed by atoms with van der Waals surface area (Å²) < 4.78 is 6.45. The molecule has 3 heterocycles. The lowest BCUT2D eigenvalue weighted by Crippen LogP contribution is -2.12. The molecule has 6 nitrogen and oxygen atoms in total. The summed E-state index contributed by atoms with van der Waals surface area (Å²) in [4.78, 5) is 15.8. The summed E-state index contributed by atoms with van der Waals surface area (Å²) in [5, 5.41) is 14.3. The third kappa shape index (κ3) is 4.21. The van der Waals surface area contributed by atoms with E-state index in [9.17, 15) is 0 Å². The smallest absolute Gasteiger partial charge is 0.189 e. The number of anilines is 1. The van der Waals surface area contributed by atoms with E-state index < -0.39 is 0 Å². The summed E-state index contributed by atoms with van der Waals surface area (Å²) in [5.74, 6) is 0.858. The summed E-state index contributed by atoms with van der Waals surface area (Å²) >= 11 is 3.26. The fourth-order valence-electron chi connectivity index (χ4n) is 3.99. The normalized spacial score (nSPS) is 13.5. The van der Waals surface area contributed by atoms with E-state index in [1.54, 1.807) is 23.1 Å². The zero-order valence-corrected chi connectivity index (χ0v) is 18.7. The second-order valence-corrected chi connectivity index (χ2v) is 9.03. The van der Waals surface area contributed by atoms with Crippen LogP contribution in [0.4, 0.5) is 5.82 Å². The van der Waals surface area contributed by atoms with Gasteiger partial charge in [0.05, 0.1) is 30.0 Å². The Hall–Kier alpha value is -1.48. The number of rotatable bonds is 10. The third-order valence-corrected chi connectivity index (χ3v) is 6.95. The molecular weight excluding hydrogens is 404 g/mol. The molecule has 29 heavy (non-hydrogen) atoms. The van der Waals surface area contributed by atoms with Crippen LogP contribution in [-0.2, 0) is 24.0 Å². The Morgan fingerprint density at radius 1 is 1.17 bits per heavy atom. The number of unbranched alkanes of at least 4 members (excludes halogenated alkanes) is 1. The van der Waals surface area contributed by atoms with Crippen LogP contribution in [0.1, 0.15) is 43.0 Å². The van der Waals surface area contributed by atoms with Gasteiger partial charge in [0.25, 0.3) is 0 Å². The number of fused-ring (bicyclic) bond motifs is 5. The van der Waals surface area contributed by atoms with Crippen molar-refractivity contribution in [2.45, 2.75) is 50.6 Å². The fourth-order valence-corrected chi connectivity index (χ4v) is 5.49. The van der Waals surface area contributed by atoms with Crippen LogP contribution in [0.3, 0.4) is 0 Å². The highest BCUT2D eigenvalue weighted by molar-refractivity contribution is 7.98. The average Bonchev–Trinajstić information content (AvgIpc) is 3.35. The van der Waals surface area contributed by atoms with E-state index in [2.05, 4.69) is 12.2 Å². The number of thioether (sulfide) groups is 1. The van der Waals surface area contributed by atoms with E-state index in [1.807, 2.05) is 6.26 Å². The molecule has 156 valence electrons. The van der Waals surface area contributed by atoms with Crippen LogP contribution in [0.25, 0.3) is 20.4 Å². The topological polar surface area (TPSA) is 80.2 Å². The summed E-state index contributed by atoms with van der Waals surface area (Å²) in [7, 11) is 0. The summed E-state index contributed by atoms with van der Waals surface area (Å²) in [5.41, 5.74) is 5.27. The Bertz CT molecular complexity index is 1010. The van der Waals surface area contributed by atoms with E-state index in [4.69, 9.17) is 24.8 Å². The summed E-state index contributed by atoms with van der Waals surface area (Å²) in [6.45, 7) is 3.81. The molecule has 0 saturated carbocycles. The van der Waals surface area contributed by atoms with Gasteiger partial charge in [-0.3, -0.25) is 0 Å². The molecule has 4 rings (SSSR count). The van der Waals surface area contributed by atoms with Gasteiger partial charge in [0, 0.05) is 17.6 Å². The van der Waals surface area contributed by atoms with Crippen molar-refractivity contribution < 1.29 is 9.84 Å². The molecule has 2 N–H and O–H groups in total. The Morgan fingerprint density at radius 2 is 2.03 bits per heavy atom. The first-order valence-electron chi connectivity index (χ1n) is 10.4. The van der Waals surface area contributed by atoms with Crippen LogP contribution >= 0.6 is 23.1 Å². The van der Waals surface area contributed by atoms with E-state index in [0.717, 1.165) is 45.3 Å². The van der Waals surface area contributed by atoms with E-state index >= 15 is 0 Å². The number of nitrogens with one attached hydrogen (secondary N) is 1. The van der Waals surface area contributed by atoms with Crippen molar-refractivity contribution in [1.82, 2.24) is 15.0 Å². The number of thiophene rings is 1. The Morgan fingerprint density at radius 3 is 2.83 bits per heavy atom. The maximum absolute atomic E-state index is 8.85. The Balaban J connectivity index is 1.78. The molecule has 3 aromatic rings. The highest BCUT2D eigenvalue weighted by Crippen LogP contribution is 2.42. The molecule has 3 aromatic heterocycles. The zero-order valence-electron chi connectivity index (χ0n) is 17.1. The van der Waals surface area contributed by atoms with Crippen LogP contribution in [0.5, 0.6) is 0 Å². The molecule has 0 aromatic carbocycles. The minimum absolute atomic E-state index is 0.0435. The highest BCUT2D eigenvalue weighted by atomic mass is 32.2. The maximum atomic E-state index is 8.85. The molecule has 0 amide bonds. The first-order valence-corrected chi connectivity index (χ1v) is 12.4. The monoisotopic (exact) mass is 432 g/mol. The van der Waals surface area contributed by atoms with Gasteiger partial charge >= 0.3 is 0 Å². The molecule has 0 atom stereocenters. The molecule has 0 aliphatic heterocycles. The van der Waals surface area contributed by atoms with Gasteiger partial charge in [0.2, 0.25) is 0 Å². The lowest BCUT2D eigenvalue weighted by Gasteiger charge is -2.09. The van der Waals surface area contributed by atoms with Gasteiger partial charge in [0.15, 0.2) is 5.16 Å². The van der Waals surface area contributed by atoms with Gasteiger partial charge in [-0.05, 0) is 49.5 Å². The molecule has 0 bridgehead atoms. The number of aliphatic hydroxyl groups excluding tert-OH is 1. The lowest BCUT2D eigenvalue weighted by atomic mass is 10.0. The Kier molecular flexibility index (Phi) is 6.85. The molecule has 0 spiro atoms. The number of hydrogen-bond donors (Lipinski definition) is 2. The SMILES string of the molecule is CCCCc1nc2sc3c(NCCOCCO)nc(SC)nc3c2c2c1CCC2. The molecule has 1 aliphatic rings. The van der Waals surface area contributed by atoms with E-state index in [-0.39, 0.29) is 6.61 Å². The molecule has 0 saturated heterocycles. The quantitative estimate of drug-likeness (QED) is 0.282. The van der Waals surface area contributed by atoms with Crippen molar-refractivity contribution in [2.75, 3.05) is 37.9 Å². The fraction of sp³-hybridized carbons (Fsp3) is 0.571. The predicted molar refractivity (Wildman–Crippen MR) is 122 cm³/mol. The van der Waals surface area contributed by atoms with Crippen molar-refractivity contribution in [3.8, 4) is 0 Å². The first kappa shape index (κ1) is 20.8. The largest absolute Gasteiger partial charge is 0.394 e. The van der Waals surface area contributed by atoms with Crippen molar-refractivity contribution in [2.24, 2.45) is 0 Å². The Labute approximate surface area is 179 Å². The average molecular weight is 433 g/mol. The van der Waals surface area contributed by atoms with Crippen LogP contribution in [0, 0.1) is 0 Å². The molecule has 0 fully saturated rings. The molecule has 0 unspecified atom stereocenters.